The van der Waals surface area contributed by atoms with Gasteiger partial charge < -0.3 is 10.1 Å². The third-order valence-electron chi connectivity index (χ3n) is 6.16. The predicted octanol–water partition coefficient (Wildman–Crippen LogP) is 4.88. The number of hydrogen-bond acceptors (Lipinski definition) is 2. The lowest BCUT2D eigenvalue weighted by Gasteiger charge is -2.30. The summed E-state index contributed by atoms with van der Waals surface area (Å²) in [5, 5.41) is 3.31. The number of carbonyl (C=O) groups excluding carboxylic acids is 1. The van der Waals surface area contributed by atoms with E-state index in [2.05, 4.69) is 61.7 Å². The van der Waals surface area contributed by atoms with Crippen molar-refractivity contribution in [3.05, 3.63) is 83.0 Å². The first-order valence-corrected chi connectivity index (χ1v) is 10.3. The van der Waals surface area contributed by atoms with Crippen molar-refractivity contribution in [2.45, 2.75) is 45.8 Å². The zero-order valence-electron chi connectivity index (χ0n) is 16.8. The molecule has 1 N–H and O–H groups in total. The molecule has 0 aliphatic heterocycles. The molecule has 0 saturated heterocycles. The molecule has 3 aliphatic carbocycles. The Morgan fingerprint density at radius 3 is 2.71 bits per heavy atom. The second kappa shape index (κ2) is 7.92. The van der Waals surface area contributed by atoms with Crippen LogP contribution in [-0.4, -0.2) is 18.6 Å². The Kier molecular flexibility index (Phi) is 5.36. The molecule has 3 nitrogen and oxygen atoms in total. The minimum Gasteiger partial charge on any atom is -0.374 e. The van der Waals surface area contributed by atoms with Crippen LogP contribution in [0.3, 0.4) is 0 Å². The van der Waals surface area contributed by atoms with Gasteiger partial charge in [0.2, 0.25) is 5.91 Å². The topological polar surface area (TPSA) is 38.3 Å². The van der Waals surface area contributed by atoms with Crippen LogP contribution in [0, 0.1) is 11.3 Å². The average Bonchev–Trinajstić information content (AvgIpc) is 3.33. The van der Waals surface area contributed by atoms with Gasteiger partial charge in [0.1, 0.15) is 0 Å². The molecule has 2 atom stereocenters. The Hall–Kier alpha value is -2.39. The monoisotopic (exact) mass is 375 g/mol. The highest BCUT2D eigenvalue weighted by molar-refractivity contribution is 5.85. The smallest absolute Gasteiger partial charge is 0.226 e. The van der Waals surface area contributed by atoms with E-state index in [1.165, 1.54) is 16.7 Å². The number of ether oxygens (including phenoxy) is 1. The summed E-state index contributed by atoms with van der Waals surface area (Å²) in [6, 6.07) is 10.1. The lowest BCUT2D eigenvalue weighted by atomic mass is 9.80. The van der Waals surface area contributed by atoms with Crippen LogP contribution in [0.25, 0.3) is 0 Å². The fourth-order valence-corrected chi connectivity index (χ4v) is 4.01. The van der Waals surface area contributed by atoms with E-state index in [0.29, 0.717) is 13.2 Å². The standard InChI is InChI=1S/C25H29NO2/c1-3-19-10-7-11-20-12-13-21(23(19)20)22(26-24(27)25(2)14-15-25)17-28-16-18-8-5-4-6-9-18/h4-13,22-23H,3,14-17H2,1-2H3,(H,26,27)/t22-,23?/m1/s1. The second-order valence-electron chi connectivity index (χ2n) is 8.31. The van der Waals surface area contributed by atoms with E-state index in [0.717, 1.165) is 24.8 Å². The highest BCUT2D eigenvalue weighted by atomic mass is 16.5. The van der Waals surface area contributed by atoms with Crippen LogP contribution < -0.4 is 5.32 Å². The first kappa shape index (κ1) is 18.9. The van der Waals surface area contributed by atoms with Gasteiger partial charge in [-0.15, -0.1) is 0 Å². The van der Waals surface area contributed by atoms with Crippen molar-refractivity contribution in [1.29, 1.82) is 0 Å². The van der Waals surface area contributed by atoms with Crippen molar-refractivity contribution < 1.29 is 9.53 Å². The van der Waals surface area contributed by atoms with E-state index >= 15 is 0 Å². The van der Waals surface area contributed by atoms with Gasteiger partial charge in [-0.1, -0.05) is 80.1 Å². The van der Waals surface area contributed by atoms with Gasteiger partial charge in [0.05, 0.1) is 19.3 Å². The fourth-order valence-electron chi connectivity index (χ4n) is 4.01. The number of fused-ring (bicyclic) bond motifs is 1. The van der Waals surface area contributed by atoms with E-state index in [1.807, 2.05) is 18.2 Å². The van der Waals surface area contributed by atoms with Crippen LogP contribution in [0.5, 0.6) is 0 Å². The van der Waals surface area contributed by atoms with E-state index < -0.39 is 0 Å². The predicted molar refractivity (Wildman–Crippen MR) is 113 cm³/mol. The molecule has 0 aromatic heterocycles. The summed E-state index contributed by atoms with van der Waals surface area (Å²) in [6.07, 6.45) is 13.9. The highest BCUT2D eigenvalue weighted by Gasteiger charge is 2.46. The molecule has 146 valence electrons. The summed E-state index contributed by atoms with van der Waals surface area (Å²) in [7, 11) is 0. The zero-order valence-corrected chi connectivity index (χ0v) is 16.8. The van der Waals surface area contributed by atoms with Crippen molar-refractivity contribution in [3.63, 3.8) is 0 Å². The Labute approximate surface area is 167 Å². The van der Waals surface area contributed by atoms with Gasteiger partial charge in [-0.3, -0.25) is 4.79 Å². The second-order valence-corrected chi connectivity index (χ2v) is 8.31. The van der Waals surface area contributed by atoms with E-state index in [9.17, 15) is 4.79 Å². The summed E-state index contributed by atoms with van der Waals surface area (Å²) >= 11 is 0. The number of nitrogens with one attached hydrogen (secondary N) is 1. The van der Waals surface area contributed by atoms with Crippen molar-refractivity contribution in [1.82, 2.24) is 5.32 Å². The maximum atomic E-state index is 12.8. The molecule has 1 unspecified atom stereocenters. The summed E-state index contributed by atoms with van der Waals surface area (Å²) < 4.78 is 6.06. The number of carbonyl (C=O) groups is 1. The van der Waals surface area contributed by atoms with Crippen molar-refractivity contribution in [2.75, 3.05) is 6.61 Å². The largest absolute Gasteiger partial charge is 0.374 e. The van der Waals surface area contributed by atoms with Crippen LogP contribution in [0.1, 0.15) is 38.7 Å². The van der Waals surface area contributed by atoms with Crippen LogP contribution in [0.15, 0.2) is 77.4 Å². The van der Waals surface area contributed by atoms with Crippen molar-refractivity contribution >= 4 is 5.91 Å². The van der Waals surface area contributed by atoms with Crippen LogP contribution in [-0.2, 0) is 16.1 Å². The molecule has 4 rings (SSSR count). The molecule has 1 fully saturated rings. The number of amides is 1. The average molecular weight is 376 g/mol. The summed E-state index contributed by atoms with van der Waals surface area (Å²) in [5.41, 5.74) is 4.92. The lowest BCUT2D eigenvalue weighted by molar-refractivity contribution is -0.126. The molecular weight excluding hydrogens is 346 g/mol. The third kappa shape index (κ3) is 3.90. The lowest BCUT2D eigenvalue weighted by Crippen LogP contribution is -2.44. The molecule has 0 radical (unpaired) electrons. The minimum atomic E-state index is -0.191. The van der Waals surface area contributed by atoms with Crippen LogP contribution >= 0.6 is 0 Å². The van der Waals surface area contributed by atoms with Gasteiger partial charge >= 0.3 is 0 Å². The van der Waals surface area contributed by atoms with E-state index in [4.69, 9.17) is 4.74 Å². The first-order valence-electron chi connectivity index (χ1n) is 10.3. The molecule has 28 heavy (non-hydrogen) atoms. The molecular formula is C25H29NO2. The first-order chi connectivity index (χ1) is 13.6. The Balaban J connectivity index is 1.49. The highest BCUT2D eigenvalue weighted by Crippen LogP contribution is 2.46. The molecule has 1 saturated carbocycles. The third-order valence-corrected chi connectivity index (χ3v) is 6.16. The fraction of sp³-hybridized carbons (Fsp3) is 0.400. The SMILES string of the molecule is CCC1=CC=CC2=CC=C([C@@H](COCc3ccccc3)NC(=O)C3(C)CC3)C21. The van der Waals surface area contributed by atoms with E-state index in [1.54, 1.807) is 0 Å². The molecule has 0 bridgehead atoms. The molecule has 1 aromatic carbocycles. The van der Waals surface area contributed by atoms with Gasteiger partial charge in [0.15, 0.2) is 0 Å². The number of hydrogen-bond donors (Lipinski definition) is 1. The van der Waals surface area contributed by atoms with E-state index in [-0.39, 0.29) is 23.3 Å². The maximum absolute atomic E-state index is 12.8. The van der Waals surface area contributed by atoms with Crippen molar-refractivity contribution in [2.24, 2.45) is 11.3 Å². The Morgan fingerprint density at radius 2 is 2.00 bits per heavy atom. The van der Waals surface area contributed by atoms with Crippen molar-refractivity contribution in [3.8, 4) is 0 Å². The number of benzene rings is 1. The molecule has 0 heterocycles. The van der Waals surface area contributed by atoms with Gasteiger partial charge in [0, 0.05) is 11.3 Å². The van der Waals surface area contributed by atoms with Gasteiger partial charge in [0.25, 0.3) is 0 Å². The Bertz CT molecular complexity index is 856. The molecule has 0 spiro atoms. The quantitative estimate of drug-likeness (QED) is 0.703. The summed E-state index contributed by atoms with van der Waals surface area (Å²) in [6.45, 7) is 5.29. The van der Waals surface area contributed by atoms with Crippen LogP contribution in [0.4, 0.5) is 0 Å². The van der Waals surface area contributed by atoms with Gasteiger partial charge in [-0.25, -0.2) is 0 Å². The van der Waals surface area contributed by atoms with Gasteiger partial charge in [-0.05, 0) is 36.0 Å². The van der Waals surface area contributed by atoms with Crippen LogP contribution in [0.2, 0.25) is 0 Å². The molecule has 1 aromatic rings. The van der Waals surface area contributed by atoms with Gasteiger partial charge in [-0.2, -0.15) is 0 Å². The zero-order chi connectivity index (χ0) is 19.6. The maximum Gasteiger partial charge on any atom is 0.226 e. The summed E-state index contributed by atoms with van der Waals surface area (Å²) in [5.74, 6) is 0.427. The molecule has 3 aliphatic rings. The molecule has 3 heteroatoms. The Morgan fingerprint density at radius 1 is 1.21 bits per heavy atom. The summed E-state index contributed by atoms with van der Waals surface area (Å²) in [4.78, 5) is 12.8. The number of rotatable bonds is 8. The molecule has 1 amide bonds. The minimum absolute atomic E-state index is 0.103. The normalized spacial score (nSPS) is 22.6. The number of allylic oxidation sites excluding steroid dienone is 7.